The van der Waals surface area contributed by atoms with Gasteiger partial charge in [0, 0.05) is 26.8 Å². The van der Waals surface area contributed by atoms with E-state index >= 15 is 0 Å². The van der Waals surface area contributed by atoms with E-state index in [1.54, 1.807) is 0 Å². The third-order valence-corrected chi connectivity index (χ3v) is 3.98. The van der Waals surface area contributed by atoms with Crippen molar-refractivity contribution in [2.45, 2.75) is 26.7 Å². The minimum absolute atomic E-state index is 1.02. The second-order valence-corrected chi connectivity index (χ2v) is 7.45. The molecule has 0 aliphatic carbocycles. The lowest BCUT2D eigenvalue weighted by atomic mass is 10.4. The maximum Gasteiger partial charge on any atom is 0.0229 e. The Morgan fingerprint density at radius 1 is 1.07 bits per heavy atom. The van der Waals surface area contributed by atoms with Crippen LogP contribution < -0.4 is 5.32 Å². The largest absolute Gasteiger partial charge is 0.315 e. The van der Waals surface area contributed by atoms with Crippen LogP contribution in [0.1, 0.15) is 26.7 Å². The van der Waals surface area contributed by atoms with Crippen LogP contribution >= 0.6 is 7.21 Å². The molecule has 0 aliphatic rings. The van der Waals surface area contributed by atoms with Crippen LogP contribution in [0.2, 0.25) is 0 Å². The normalized spacial score (nSPS) is 12.4. The van der Waals surface area contributed by atoms with Crippen LogP contribution in [0.25, 0.3) is 0 Å². The van der Waals surface area contributed by atoms with Crippen LogP contribution in [0.15, 0.2) is 0 Å². The Morgan fingerprint density at radius 3 is 2.14 bits per heavy atom. The SMILES string of the molecule is CCCNCCN(CCC)P(C)(C)=N. The molecule has 0 saturated heterocycles. The Kier molecular flexibility index (Phi) is 7.52. The fraction of sp³-hybridized carbons (Fsp3) is 1.00. The van der Waals surface area contributed by atoms with Crippen molar-refractivity contribution < 1.29 is 0 Å². The fourth-order valence-corrected chi connectivity index (χ4v) is 2.68. The molecule has 0 aliphatic heterocycles. The molecular weight excluding hydrogens is 193 g/mol. The van der Waals surface area contributed by atoms with Crippen molar-refractivity contribution in [3.63, 3.8) is 0 Å². The summed E-state index contributed by atoms with van der Waals surface area (Å²) in [7, 11) is -1.55. The first kappa shape index (κ1) is 14.2. The monoisotopic (exact) mass is 219 g/mol. The molecule has 0 unspecified atom stereocenters. The molecule has 3 nitrogen and oxygen atoms in total. The van der Waals surface area contributed by atoms with E-state index in [0.717, 1.165) is 32.6 Å². The van der Waals surface area contributed by atoms with Gasteiger partial charge in [0.15, 0.2) is 0 Å². The van der Waals surface area contributed by atoms with Crippen molar-refractivity contribution in [3.05, 3.63) is 0 Å². The summed E-state index contributed by atoms with van der Waals surface area (Å²) >= 11 is 0. The van der Waals surface area contributed by atoms with Gasteiger partial charge in [-0.05, 0) is 32.7 Å². The summed E-state index contributed by atoms with van der Waals surface area (Å²) < 4.78 is 2.33. The van der Waals surface area contributed by atoms with Crippen LogP contribution in [0.4, 0.5) is 0 Å². The van der Waals surface area contributed by atoms with E-state index < -0.39 is 7.21 Å². The van der Waals surface area contributed by atoms with Gasteiger partial charge < -0.3 is 10.5 Å². The third kappa shape index (κ3) is 6.58. The Hall–Kier alpha value is 0.150. The van der Waals surface area contributed by atoms with E-state index in [9.17, 15) is 0 Å². The maximum atomic E-state index is 8.08. The summed E-state index contributed by atoms with van der Waals surface area (Å²) in [4.78, 5) is 0. The third-order valence-electron chi connectivity index (χ3n) is 2.16. The Bertz CT molecular complexity index is 176. The summed E-state index contributed by atoms with van der Waals surface area (Å²) in [5.41, 5.74) is 0. The van der Waals surface area contributed by atoms with Crippen molar-refractivity contribution in [1.29, 1.82) is 5.16 Å². The topological polar surface area (TPSA) is 39.1 Å². The highest BCUT2D eigenvalue weighted by Crippen LogP contribution is 2.41. The second-order valence-electron chi connectivity index (χ2n) is 4.10. The molecule has 0 aromatic carbocycles. The maximum absolute atomic E-state index is 8.08. The van der Waals surface area contributed by atoms with Crippen molar-refractivity contribution in [2.24, 2.45) is 0 Å². The molecule has 0 amide bonds. The highest BCUT2D eigenvalue weighted by molar-refractivity contribution is 7.61. The zero-order valence-corrected chi connectivity index (χ0v) is 11.0. The van der Waals surface area contributed by atoms with Crippen molar-refractivity contribution in [2.75, 3.05) is 39.5 Å². The first-order valence-electron chi connectivity index (χ1n) is 5.57. The summed E-state index contributed by atoms with van der Waals surface area (Å²) in [6, 6.07) is 0. The van der Waals surface area contributed by atoms with Crippen molar-refractivity contribution in [3.8, 4) is 0 Å². The fourth-order valence-electron chi connectivity index (χ4n) is 1.38. The average Bonchev–Trinajstić information content (AvgIpc) is 2.08. The molecule has 0 aromatic rings. The van der Waals surface area contributed by atoms with Gasteiger partial charge in [-0.2, -0.15) is 0 Å². The molecule has 14 heavy (non-hydrogen) atoms. The van der Waals surface area contributed by atoms with Gasteiger partial charge in [-0.3, -0.25) is 4.67 Å². The van der Waals surface area contributed by atoms with E-state index in [1.807, 2.05) is 0 Å². The van der Waals surface area contributed by atoms with Gasteiger partial charge >= 0.3 is 0 Å². The van der Waals surface area contributed by atoms with Crippen molar-refractivity contribution >= 4 is 7.21 Å². The summed E-state index contributed by atoms with van der Waals surface area (Å²) in [6.45, 7) is 12.7. The molecule has 0 aromatic heterocycles. The average molecular weight is 219 g/mol. The lowest BCUT2D eigenvalue weighted by molar-refractivity contribution is 0.438. The predicted molar refractivity (Wildman–Crippen MR) is 66.5 cm³/mol. The van der Waals surface area contributed by atoms with Gasteiger partial charge in [0.1, 0.15) is 0 Å². The molecule has 0 fully saturated rings. The summed E-state index contributed by atoms with van der Waals surface area (Å²) in [5.74, 6) is 0. The molecule has 0 radical (unpaired) electrons. The van der Waals surface area contributed by atoms with E-state index in [2.05, 4.69) is 37.2 Å². The van der Waals surface area contributed by atoms with Gasteiger partial charge in [0.05, 0.1) is 0 Å². The zero-order valence-electron chi connectivity index (χ0n) is 10.1. The van der Waals surface area contributed by atoms with E-state index in [1.165, 1.54) is 6.42 Å². The summed E-state index contributed by atoms with van der Waals surface area (Å²) in [5, 5.41) is 11.5. The highest BCUT2D eigenvalue weighted by atomic mass is 31.2. The Labute approximate surface area is 89.2 Å². The van der Waals surface area contributed by atoms with Gasteiger partial charge in [0.25, 0.3) is 0 Å². The molecule has 0 spiro atoms. The van der Waals surface area contributed by atoms with Gasteiger partial charge in [-0.25, -0.2) is 0 Å². The molecule has 2 N–H and O–H groups in total. The Morgan fingerprint density at radius 2 is 1.71 bits per heavy atom. The molecule has 0 rings (SSSR count). The number of nitrogens with one attached hydrogen (secondary N) is 2. The molecule has 86 valence electrons. The standard InChI is InChI=1S/C10H26N3P/c1-5-7-12-8-10-13(9-6-2)14(3,4)11/h11-12H,5-10H2,1-4H3. The highest BCUT2D eigenvalue weighted by Gasteiger charge is 2.13. The van der Waals surface area contributed by atoms with Crippen LogP contribution in [0.3, 0.4) is 0 Å². The lowest BCUT2D eigenvalue weighted by Crippen LogP contribution is -2.30. The number of rotatable bonds is 8. The lowest BCUT2D eigenvalue weighted by Gasteiger charge is -2.29. The number of hydrogen-bond donors (Lipinski definition) is 2. The first-order chi connectivity index (χ1) is 6.52. The summed E-state index contributed by atoms with van der Waals surface area (Å²) in [6.07, 6.45) is 2.34. The number of nitrogens with zero attached hydrogens (tertiary/aromatic N) is 1. The predicted octanol–water partition coefficient (Wildman–Crippen LogP) is 2.65. The molecule has 0 bridgehead atoms. The first-order valence-corrected chi connectivity index (χ1v) is 8.21. The van der Waals surface area contributed by atoms with Crippen LogP contribution in [-0.2, 0) is 0 Å². The van der Waals surface area contributed by atoms with Crippen LogP contribution in [0.5, 0.6) is 0 Å². The van der Waals surface area contributed by atoms with Crippen LogP contribution in [-0.4, -0.2) is 44.2 Å². The minimum atomic E-state index is -1.55. The molecule has 4 heteroatoms. The van der Waals surface area contributed by atoms with E-state index in [4.69, 9.17) is 5.16 Å². The zero-order chi connectivity index (χ0) is 11.0. The van der Waals surface area contributed by atoms with Gasteiger partial charge in [0.2, 0.25) is 0 Å². The molecular formula is C10H26N3P. The minimum Gasteiger partial charge on any atom is -0.315 e. The molecule has 0 saturated carbocycles. The molecule has 0 atom stereocenters. The number of hydrogen-bond acceptors (Lipinski definition) is 2. The van der Waals surface area contributed by atoms with E-state index in [0.29, 0.717) is 0 Å². The van der Waals surface area contributed by atoms with Crippen molar-refractivity contribution in [1.82, 2.24) is 9.99 Å². The quantitative estimate of drug-likeness (QED) is 0.486. The van der Waals surface area contributed by atoms with Gasteiger partial charge in [-0.15, -0.1) is 0 Å². The molecule has 0 heterocycles. The second kappa shape index (κ2) is 7.44. The van der Waals surface area contributed by atoms with Gasteiger partial charge in [-0.1, -0.05) is 13.8 Å². The smallest absolute Gasteiger partial charge is 0.0229 e. The van der Waals surface area contributed by atoms with Crippen LogP contribution in [0, 0.1) is 5.16 Å². The Balaban J connectivity index is 3.80. The van der Waals surface area contributed by atoms with E-state index in [-0.39, 0.29) is 0 Å².